The van der Waals surface area contributed by atoms with Crippen molar-refractivity contribution in [1.82, 2.24) is 0 Å². The highest BCUT2D eigenvalue weighted by molar-refractivity contribution is 9.11. The number of ether oxygens (including phenoxy) is 2. The summed E-state index contributed by atoms with van der Waals surface area (Å²) in [5.74, 6) is -0.448. The summed E-state index contributed by atoms with van der Waals surface area (Å²) in [6.07, 6.45) is 14.8. The van der Waals surface area contributed by atoms with Gasteiger partial charge in [0, 0.05) is 54.7 Å². The Kier molecular flexibility index (Phi) is 26.4. The molecule has 2 aliphatic rings. The molecule has 0 spiro atoms. The Balaban J connectivity index is 0.000000221. The first-order chi connectivity index (χ1) is 31.7. The summed E-state index contributed by atoms with van der Waals surface area (Å²) in [6, 6.07) is 34.8. The minimum Gasteiger partial charge on any atom is -0.497 e. The number of ketones is 2. The molecule has 0 radical (unpaired) electrons. The Morgan fingerprint density at radius 2 is 1.14 bits per heavy atom. The average molecular weight is 1160 g/mol. The number of methoxy groups -OCH3 is 2. The SMILES string of the molecule is COC(=O)c1ccc2c(c1)CCCCC2=O.COc1cccc(Br)c1.O=C(O)CC/C=C/c1cccc(Br)c1.O=C(O)CCCCc1cccc(Br)c1.O=C1CCCCc2cc(Br)ccc21. The van der Waals surface area contributed by atoms with Crippen LogP contribution in [0.1, 0.15) is 124 Å². The Morgan fingerprint density at radius 1 is 0.591 bits per heavy atom. The van der Waals surface area contributed by atoms with Gasteiger partial charge in [0.1, 0.15) is 5.75 Å². The van der Waals surface area contributed by atoms with Gasteiger partial charge in [-0.3, -0.25) is 19.2 Å². The molecule has 0 saturated heterocycles. The Hall–Kier alpha value is -4.69. The van der Waals surface area contributed by atoms with E-state index in [9.17, 15) is 24.0 Å². The maximum atomic E-state index is 11.7. The number of benzene rings is 5. The second-order valence-electron chi connectivity index (χ2n) is 15.2. The van der Waals surface area contributed by atoms with Crippen LogP contribution in [0.4, 0.5) is 0 Å². The maximum Gasteiger partial charge on any atom is 0.337 e. The molecule has 5 aromatic rings. The molecule has 0 atom stereocenters. The fraction of sp³-hybridized carbons (Fsp3) is 0.302. The molecule has 0 aromatic heterocycles. The molecule has 7 rings (SSSR count). The lowest BCUT2D eigenvalue weighted by molar-refractivity contribution is -0.138. The topological polar surface area (TPSA) is 144 Å². The minimum atomic E-state index is -0.760. The number of fused-ring (bicyclic) bond motifs is 2. The van der Waals surface area contributed by atoms with Gasteiger partial charge in [0.05, 0.1) is 19.8 Å². The molecule has 2 aliphatic carbocycles. The van der Waals surface area contributed by atoms with E-state index in [4.69, 9.17) is 14.9 Å². The number of rotatable bonds is 11. The van der Waals surface area contributed by atoms with Crippen LogP contribution < -0.4 is 4.74 Å². The van der Waals surface area contributed by atoms with Crippen LogP contribution in [0.15, 0.2) is 133 Å². The average Bonchev–Trinajstić information content (AvgIpc) is 3.60. The zero-order chi connectivity index (χ0) is 48.3. The van der Waals surface area contributed by atoms with Crippen molar-refractivity contribution in [2.24, 2.45) is 0 Å². The van der Waals surface area contributed by atoms with Gasteiger partial charge in [0.25, 0.3) is 0 Å². The lowest BCUT2D eigenvalue weighted by atomic mass is 9.99. The lowest BCUT2D eigenvalue weighted by Gasteiger charge is -2.06. The summed E-state index contributed by atoms with van der Waals surface area (Å²) in [5, 5.41) is 16.9. The third kappa shape index (κ3) is 22.2. The Bertz CT molecular complexity index is 2390. The summed E-state index contributed by atoms with van der Waals surface area (Å²) in [7, 11) is 3.01. The normalized spacial score (nSPS) is 12.6. The number of allylic oxidation sites excluding steroid dienone is 1. The van der Waals surface area contributed by atoms with E-state index in [1.165, 1.54) is 18.2 Å². The van der Waals surface area contributed by atoms with Crippen molar-refractivity contribution in [3.63, 3.8) is 0 Å². The number of hydrogen-bond donors (Lipinski definition) is 2. The molecule has 2 N–H and O–H groups in total. The number of unbranched alkanes of at least 4 members (excludes halogenated alkanes) is 1. The number of hydrogen-bond acceptors (Lipinski definition) is 7. The predicted octanol–water partition coefficient (Wildman–Crippen LogP) is 14.8. The molecular formula is C53H56Br4O9. The van der Waals surface area contributed by atoms with Crippen molar-refractivity contribution in [2.75, 3.05) is 14.2 Å². The quantitative estimate of drug-likeness (QED) is 0.0750. The molecule has 350 valence electrons. The van der Waals surface area contributed by atoms with E-state index in [2.05, 4.69) is 86.7 Å². The van der Waals surface area contributed by atoms with Crippen molar-refractivity contribution in [2.45, 2.75) is 89.9 Å². The number of aliphatic carboxylic acids is 2. The molecule has 0 amide bonds. The van der Waals surface area contributed by atoms with Crippen molar-refractivity contribution in [3.05, 3.63) is 172 Å². The molecule has 0 unspecified atom stereocenters. The molecule has 66 heavy (non-hydrogen) atoms. The Labute approximate surface area is 421 Å². The van der Waals surface area contributed by atoms with Crippen molar-refractivity contribution < 1.29 is 43.7 Å². The summed E-state index contributed by atoms with van der Waals surface area (Å²) in [6.45, 7) is 0. The molecule has 5 aromatic carbocycles. The largest absolute Gasteiger partial charge is 0.497 e. The van der Waals surface area contributed by atoms with Gasteiger partial charge in [-0.05, 0) is 153 Å². The van der Waals surface area contributed by atoms with Gasteiger partial charge in [0.15, 0.2) is 11.6 Å². The second-order valence-corrected chi connectivity index (χ2v) is 18.9. The van der Waals surface area contributed by atoms with Crippen LogP contribution in [0.3, 0.4) is 0 Å². The van der Waals surface area contributed by atoms with Crippen LogP contribution in [0.2, 0.25) is 0 Å². The third-order valence-electron chi connectivity index (χ3n) is 10.1. The molecule has 0 saturated carbocycles. The van der Waals surface area contributed by atoms with Gasteiger partial charge in [-0.15, -0.1) is 0 Å². The molecular weight excluding hydrogens is 1100 g/mol. The minimum absolute atomic E-state index is 0.184. The van der Waals surface area contributed by atoms with Crippen LogP contribution >= 0.6 is 63.7 Å². The maximum absolute atomic E-state index is 11.7. The Morgan fingerprint density at radius 3 is 1.70 bits per heavy atom. The molecule has 0 aliphatic heterocycles. The van der Waals surface area contributed by atoms with Gasteiger partial charge in [-0.1, -0.05) is 118 Å². The van der Waals surface area contributed by atoms with E-state index < -0.39 is 11.9 Å². The monoisotopic (exact) mass is 1150 g/mol. The van der Waals surface area contributed by atoms with Crippen LogP contribution in [-0.2, 0) is 33.6 Å². The van der Waals surface area contributed by atoms with Crippen LogP contribution in [-0.4, -0.2) is 53.9 Å². The number of Topliss-reactive ketones (excluding diaryl/α,β-unsaturated/α-hetero) is 2. The van der Waals surface area contributed by atoms with E-state index in [0.717, 1.165) is 104 Å². The number of carbonyl (C=O) groups is 5. The summed E-state index contributed by atoms with van der Waals surface area (Å²) < 4.78 is 13.8. The van der Waals surface area contributed by atoms with Crippen molar-refractivity contribution >= 4 is 99.3 Å². The van der Waals surface area contributed by atoms with E-state index in [0.29, 0.717) is 30.6 Å². The highest BCUT2D eigenvalue weighted by Gasteiger charge is 2.18. The molecule has 9 nitrogen and oxygen atoms in total. The number of halogens is 4. The van der Waals surface area contributed by atoms with Gasteiger partial charge in [-0.25, -0.2) is 4.79 Å². The van der Waals surface area contributed by atoms with Crippen molar-refractivity contribution in [3.8, 4) is 5.75 Å². The summed E-state index contributed by atoms with van der Waals surface area (Å²) in [4.78, 5) is 55.2. The van der Waals surface area contributed by atoms with E-state index in [1.54, 1.807) is 25.3 Å². The van der Waals surface area contributed by atoms with E-state index in [-0.39, 0.29) is 24.6 Å². The summed E-state index contributed by atoms with van der Waals surface area (Å²) >= 11 is 13.5. The number of carboxylic acids is 2. The summed E-state index contributed by atoms with van der Waals surface area (Å²) in [5.41, 5.74) is 6.73. The molecule has 0 fully saturated rings. The highest BCUT2D eigenvalue weighted by Crippen LogP contribution is 2.25. The number of carbonyl (C=O) groups excluding carboxylic acids is 3. The fourth-order valence-electron chi connectivity index (χ4n) is 6.76. The van der Waals surface area contributed by atoms with E-state index >= 15 is 0 Å². The molecule has 13 heteroatoms. The van der Waals surface area contributed by atoms with Gasteiger partial charge in [0.2, 0.25) is 0 Å². The van der Waals surface area contributed by atoms with Gasteiger partial charge >= 0.3 is 17.9 Å². The van der Waals surface area contributed by atoms with Crippen LogP contribution in [0.5, 0.6) is 5.75 Å². The zero-order valence-electron chi connectivity index (χ0n) is 37.2. The van der Waals surface area contributed by atoms with E-state index in [1.807, 2.05) is 84.9 Å². The lowest BCUT2D eigenvalue weighted by Crippen LogP contribution is -2.05. The van der Waals surface area contributed by atoms with Crippen molar-refractivity contribution in [1.29, 1.82) is 0 Å². The number of esters is 1. The predicted molar refractivity (Wildman–Crippen MR) is 276 cm³/mol. The first kappa shape index (κ1) is 55.6. The smallest absolute Gasteiger partial charge is 0.337 e. The zero-order valence-corrected chi connectivity index (χ0v) is 43.6. The first-order valence-corrected chi connectivity index (χ1v) is 24.8. The number of aryl methyl sites for hydroxylation is 3. The fourth-order valence-corrected chi connectivity index (χ4v) is 8.41. The number of carboxylic acid groups (broad SMARTS) is 2. The van der Waals surface area contributed by atoms with Gasteiger partial charge in [-0.2, -0.15) is 0 Å². The van der Waals surface area contributed by atoms with Gasteiger partial charge < -0.3 is 19.7 Å². The molecule has 0 heterocycles. The second kappa shape index (κ2) is 31.3. The van der Waals surface area contributed by atoms with Crippen LogP contribution in [0.25, 0.3) is 6.08 Å². The standard InChI is InChI=1S/C13H14O3.C11H13BrO2.C11H11BrO2.C11H11BrO.C7H7BrO/c1-16-13(15)10-6-7-11-9(8-10)4-2-3-5-12(11)14;2*12-10-6-3-5-9(8-10)4-1-2-7-11(13)14;12-9-5-6-10-8(7-9)3-1-2-4-11(10)13;1-9-7-4-2-3-6(8)5-7/h6-8H,2-5H2,1H3;3,5-6,8H,1-2,4,7H2,(H,13,14);1,3-6,8H,2,7H2,(H,13,14);5-7H,1-4H2;2-5H,1H3/b;;4-1+;;. The third-order valence-corrected chi connectivity index (χ3v) is 12.1. The first-order valence-electron chi connectivity index (χ1n) is 21.6. The van der Waals surface area contributed by atoms with Crippen LogP contribution in [0, 0.1) is 0 Å². The highest BCUT2D eigenvalue weighted by atomic mass is 79.9. The molecule has 0 bridgehead atoms.